The number of hydrogen-bond acceptors (Lipinski definition) is 3. The second-order valence-corrected chi connectivity index (χ2v) is 5.69. The van der Waals surface area contributed by atoms with E-state index in [1.807, 2.05) is 36.4 Å². The summed E-state index contributed by atoms with van der Waals surface area (Å²) in [6, 6.07) is 18.3. The first-order chi connectivity index (χ1) is 10.7. The summed E-state index contributed by atoms with van der Waals surface area (Å²) < 4.78 is 11.9. The minimum absolute atomic E-state index is 0.0804. The van der Waals surface area contributed by atoms with E-state index >= 15 is 0 Å². The molecule has 0 spiro atoms. The van der Waals surface area contributed by atoms with Gasteiger partial charge in [-0.1, -0.05) is 36.4 Å². The lowest BCUT2D eigenvalue weighted by Gasteiger charge is -2.20. The molecule has 0 saturated carbocycles. The molecule has 0 amide bonds. The fourth-order valence-electron chi connectivity index (χ4n) is 2.56. The summed E-state index contributed by atoms with van der Waals surface area (Å²) >= 11 is 0. The molecule has 0 N–H and O–H groups in total. The molecule has 3 rings (SSSR count). The van der Waals surface area contributed by atoms with Crippen molar-refractivity contribution in [2.75, 3.05) is 20.6 Å². The van der Waals surface area contributed by atoms with Gasteiger partial charge < -0.3 is 14.1 Å². The quantitative estimate of drug-likeness (QED) is 0.669. The first-order valence-corrected chi connectivity index (χ1v) is 7.56. The minimum Gasteiger partial charge on any atom is -0.482 e. The van der Waals surface area contributed by atoms with Crippen molar-refractivity contribution >= 4 is 10.8 Å². The lowest BCUT2D eigenvalue weighted by molar-refractivity contribution is 0.156. The highest BCUT2D eigenvalue weighted by Crippen LogP contribution is 2.31. The monoisotopic (exact) mass is 295 g/mol. The van der Waals surface area contributed by atoms with Gasteiger partial charge in [-0.3, -0.25) is 0 Å². The van der Waals surface area contributed by atoms with Gasteiger partial charge in [0.2, 0.25) is 0 Å². The number of ether oxygens (including phenoxy) is 1. The molecule has 1 aromatic heterocycles. The third-order valence-corrected chi connectivity index (χ3v) is 3.72. The van der Waals surface area contributed by atoms with Crippen LogP contribution in [-0.2, 0) is 0 Å². The molecule has 1 unspecified atom stereocenters. The van der Waals surface area contributed by atoms with Crippen LogP contribution in [0.5, 0.6) is 5.75 Å². The maximum Gasteiger partial charge on any atom is 0.157 e. The Labute approximate surface area is 131 Å². The highest BCUT2D eigenvalue weighted by Gasteiger charge is 2.17. The van der Waals surface area contributed by atoms with Crippen LogP contribution >= 0.6 is 0 Å². The Balaban J connectivity index is 1.88. The number of hydrogen-bond donors (Lipinski definition) is 0. The van der Waals surface area contributed by atoms with Gasteiger partial charge in [-0.2, -0.15) is 0 Å². The van der Waals surface area contributed by atoms with Crippen LogP contribution in [0, 0.1) is 0 Å². The van der Waals surface area contributed by atoms with Gasteiger partial charge in [0.25, 0.3) is 0 Å². The van der Waals surface area contributed by atoms with Gasteiger partial charge in [0.05, 0.1) is 6.26 Å². The molecule has 3 aromatic rings. The van der Waals surface area contributed by atoms with Gasteiger partial charge in [-0.25, -0.2) is 0 Å². The summed E-state index contributed by atoms with van der Waals surface area (Å²) in [5.74, 6) is 1.77. The number of rotatable bonds is 6. The van der Waals surface area contributed by atoms with E-state index in [2.05, 4.69) is 37.2 Å². The molecule has 0 aliphatic heterocycles. The van der Waals surface area contributed by atoms with Crippen molar-refractivity contribution in [2.24, 2.45) is 0 Å². The Morgan fingerprint density at radius 3 is 2.59 bits per heavy atom. The van der Waals surface area contributed by atoms with E-state index < -0.39 is 0 Å². The zero-order valence-electron chi connectivity index (χ0n) is 13.0. The molecule has 0 aliphatic rings. The van der Waals surface area contributed by atoms with Crippen molar-refractivity contribution in [2.45, 2.75) is 12.5 Å². The smallest absolute Gasteiger partial charge is 0.157 e. The molecule has 3 nitrogen and oxygen atoms in total. The average molecular weight is 295 g/mol. The van der Waals surface area contributed by atoms with Crippen LogP contribution in [0.25, 0.3) is 10.8 Å². The van der Waals surface area contributed by atoms with Gasteiger partial charge in [0, 0.05) is 18.4 Å². The van der Waals surface area contributed by atoms with Crippen LogP contribution < -0.4 is 4.74 Å². The summed E-state index contributed by atoms with van der Waals surface area (Å²) in [7, 11) is 4.13. The van der Waals surface area contributed by atoms with E-state index in [0.717, 1.165) is 29.9 Å². The highest BCUT2D eigenvalue weighted by molar-refractivity contribution is 5.88. The van der Waals surface area contributed by atoms with Crippen LogP contribution in [0.15, 0.2) is 65.3 Å². The number of nitrogens with zero attached hydrogens (tertiary/aromatic N) is 1. The zero-order valence-corrected chi connectivity index (χ0v) is 13.0. The lowest BCUT2D eigenvalue weighted by Crippen LogP contribution is -2.18. The van der Waals surface area contributed by atoms with Crippen molar-refractivity contribution < 1.29 is 9.15 Å². The van der Waals surface area contributed by atoms with Gasteiger partial charge in [-0.15, -0.1) is 0 Å². The van der Waals surface area contributed by atoms with E-state index in [9.17, 15) is 0 Å². The van der Waals surface area contributed by atoms with E-state index in [-0.39, 0.29) is 6.10 Å². The van der Waals surface area contributed by atoms with Gasteiger partial charge >= 0.3 is 0 Å². The highest BCUT2D eigenvalue weighted by atomic mass is 16.5. The average Bonchev–Trinajstić information content (AvgIpc) is 3.05. The molecule has 0 aliphatic carbocycles. The normalized spacial score (nSPS) is 12.7. The standard InChI is InChI=1S/C19H21NO2/c1-20(2)13-12-19(18-11-6-14-21-18)22-17-10-5-8-15-7-3-4-9-16(15)17/h3-11,14,19H,12-13H2,1-2H3. The zero-order chi connectivity index (χ0) is 15.4. The Hall–Kier alpha value is -2.26. The lowest BCUT2D eigenvalue weighted by atomic mass is 10.1. The Bertz CT molecular complexity index is 714. The van der Waals surface area contributed by atoms with Crippen molar-refractivity contribution in [1.82, 2.24) is 4.90 Å². The molecular weight excluding hydrogens is 274 g/mol. The van der Waals surface area contributed by atoms with E-state index in [0.29, 0.717) is 0 Å². The van der Waals surface area contributed by atoms with E-state index in [4.69, 9.17) is 9.15 Å². The fraction of sp³-hybridized carbons (Fsp3) is 0.263. The number of furan rings is 1. The predicted octanol–water partition coefficient (Wildman–Crippen LogP) is 4.50. The topological polar surface area (TPSA) is 25.6 Å². The van der Waals surface area contributed by atoms with Crippen molar-refractivity contribution in [1.29, 1.82) is 0 Å². The summed E-state index contributed by atoms with van der Waals surface area (Å²) in [5.41, 5.74) is 0. The molecular formula is C19H21NO2. The maximum atomic E-state index is 6.30. The molecule has 0 radical (unpaired) electrons. The molecule has 0 fully saturated rings. The number of fused-ring (bicyclic) bond motifs is 1. The largest absolute Gasteiger partial charge is 0.482 e. The molecule has 22 heavy (non-hydrogen) atoms. The first kappa shape index (κ1) is 14.7. The second kappa shape index (κ2) is 6.67. The van der Waals surface area contributed by atoms with Gasteiger partial charge in [-0.05, 0) is 37.7 Å². The molecule has 0 bridgehead atoms. The third-order valence-electron chi connectivity index (χ3n) is 3.72. The van der Waals surface area contributed by atoms with Crippen LogP contribution in [-0.4, -0.2) is 25.5 Å². The summed E-state index contributed by atoms with van der Waals surface area (Å²) in [6.45, 7) is 0.941. The van der Waals surface area contributed by atoms with E-state index in [1.54, 1.807) is 6.26 Å². The number of benzene rings is 2. The molecule has 0 saturated heterocycles. The van der Waals surface area contributed by atoms with Crippen LogP contribution in [0.2, 0.25) is 0 Å². The SMILES string of the molecule is CN(C)CCC(Oc1cccc2ccccc12)c1ccco1. The predicted molar refractivity (Wildman–Crippen MR) is 89.2 cm³/mol. The maximum absolute atomic E-state index is 6.30. The third kappa shape index (κ3) is 3.31. The van der Waals surface area contributed by atoms with E-state index in [1.165, 1.54) is 5.39 Å². The molecule has 1 heterocycles. The van der Waals surface area contributed by atoms with Crippen LogP contribution in [0.4, 0.5) is 0 Å². The van der Waals surface area contributed by atoms with Crippen LogP contribution in [0.1, 0.15) is 18.3 Å². The second-order valence-electron chi connectivity index (χ2n) is 5.69. The Morgan fingerprint density at radius 2 is 1.82 bits per heavy atom. The molecule has 2 aromatic carbocycles. The Morgan fingerprint density at radius 1 is 1.00 bits per heavy atom. The van der Waals surface area contributed by atoms with Crippen molar-refractivity contribution in [3.63, 3.8) is 0 Å². The van der Waals surface area contributed by atoms with Crippen molar-refractivity contribution in [3.05, 3.63) is 66.6 Å². The summed E-state index contributed by atoms with van der Waals surface area (Å²) in [5, 5.41) is 2.32. The molecule has 114 valence electrons. The first-order valence-electron chi connectivity index (χ1n) is 7.56. The summed E-state index contributed by atoms with van der Waals surface area (Å²) in [4.78, 5) is 2.16. The van der Waals surface area contributed by atoms with Crippen molar-refractivity contribution in [3.8, 4) is 5.75 Å². The van der Waals surface area contributed by atoms with Crippen LogP contribution in [0.3, 0.4) is 0 Å². The van der Waals surface area contributed by atoms with Gasteiger partial charge in [0.1, 0.15) is 11.5 Å². The molecule has 1 atom stereocenters. The molecule has 3 heteroatoms. The fourth-order valence-corrected chi connectivity index (χ4v) is 2.56. The minimum atomic E-state index is -0.0804. The Kier molecular flexibility index (Phi) is 4.45. The van der Waals surface area contributed by atoms with Gasteiger partial charge in [0.15, 0.2) is 6.10 Å². The summed E-state index contributed by atoms with van der Waals surface area (Å²) in [6.07, 6.45) is 2.50.